The van der Waals surface area contributed by atoms with Gasteiger partial charge in [-0.15, -0.1) is 0 Å². The molecule has 2 rings (SSSR count). The zero-order chi connectivity index (χ0) is 12.3. The molecule has 1 aromatic rings. The van der Waals surface area contributed by atoms with Gasteiger partial charge in [0, 0.05) is 5.56 Å². The standard InChI is InChI=1S/C13H22N4/c1-2-11-10(12(14)17-13(15)16-11)8-9-6-4-3-5-7-9/h9H,2-8H2,1H3,(H4,14,15,16,17). The first-order valence-corrected chi connectivity index (χ1v) is 6.61. The molecule has 4 heteroatoms. The topological polar surface area (TPSA) is 77.8 Å². The van der Waals surface area contributed by atoms with Gasteiger partial charge in [-0.3, -0.25) is 0 Å². The molecule has 0 saturated heterocycles. The van der Waals surface area contributed by atoms with E-state index in [0.29, 0.717) is 11.8 Å². The highest BCUT2D eigenvalue weighted by molar-refractivity contribution is 5.46. The average Bonchev–Trinajstić information content (AvgIpc) is 2.33. The highest BCUT2D eigenvalue weighted by atomic mass is 15.0. The zero-order valence-electron chi connectivity index (χ0n) is 10.6. The summed E-state index contributed by atoms with van der Waals surface area (Å²) in [6.45, 7) is 2.09. The second kappa shape index (κ2) is 5.34. The van der Waals surface area contributed by atoms with Gasteiger partial charge in [0.25, 0.3) is 0 Å². The minimum Gasteiger partial charge on any atom is -0.383 e. The Morgan fingerprint density at radius 2 is 1.82 bits per heavy atom. The van der Waals surface area contributed by atoms with Gasteiger partial charge in [0.15, 0.2) is 0 Å². The second-order valence-corrected chi connectivity index (χ2v) is 4.95. The number of aryl methyl sites for hydroxylation is 1. The van der Waals surface area contributed by atoms with E-state index < -0.39 is 0 Å². The number of nitrogens with two attached hydrogens (primary N) is 2. The van der Waals surface area contributed by atoms with Gasteiger partial charge in [-0.05, 0) is 18.8 Å². The van der Waals surface area contributed by atoms with Crippen LogP contribution in [-0.2, 0) is 12.8 Å². The maximum Gasteiger partial charge on any atom is 0.222 e. The van der Waals surface area contributed by atoms with Crippen molar-refractivity contribution in [2.24, 2.45) is 5.92 Å². The van der Waals surface area contributed by atoms with E-state index in [1.54, 1.807) is 0 Å². The predicted octanol–water partition coefficient (Wildman–Crippen LogP) is 2.33. The molecule has 4 nitrogen and oxygen atoms in total. The Bertz CT molecular complexity index is 383. The van der Waals surface area contributed by atoms with E-state index >= 15 is 0 Å². The summed E-state index contributed by atoms with van der Waals surface area (Å²) in [5, 5.41) is 0. The number of hydrogen-bond acceptors (Lipinski definition) is 4. The molecule has 0 aromatic carbocycles. The summed E-state index contributed by atoms with van der Waals surface area (Å²) in [6, 6.07) is 0. The molecule has 0 atom stereocenters. The summed E-state index contributed by atoms with van der Waals surface area (Å²) in [4.78, 5) is 8.40. The quantitative estimate of drug-likeness (QED) is 0.841. The van der Waals surface area contributed by atoms with E-state index in [4.69, 9.17) is 11.5 Å². The minimum atomic E-state index is 0.298. The third-order valence-corrected chi connectivity index (χ3v) is 3.69. The molecular formula is C13H22N4. The molecule has 0 bridgehead atoms. The van der Waals surface area contributed by atoms with Crippen LogP contribution in [0.25, 0.3) is 0 Å². The molecule has 0 unspecified atom stereocenters. The third kappa shape index (κ3) is 2.87. The van der Waals surface area contributed by atoms with Crippen LogP contribution in [0.5, 0.6) is 0 Å². The highest BCUT2D eigenvalue weighted by Gasteiger charge is 2.18. The van der Waals surface area contributed by atoms with Crippen LogP contribution in [0.4, 0.5) is 11.8 Å². The van der Waals surface area contributed by atoms with E-state index in [1.807, 2.05) is 0 Å². The lowest BCUT2D eigenvalue weighted by Gasteiger charge is -2.22. The van der Waals surface area contributed by atoms with E-state index in [2.05, 4.69) is 16.9 Å². The Morgan fingerprint density at radius 3 is 2.47 bits per heavy atom. The monoisotopic (exact) mass is 234 g/mol. The fourth-order valence-corrected chi connectivity index (χ4v) is 2.76. The molecule has 0 aliphatic heterocycles. The van der Waals surface area contributed by atoms with Crippen LogP contribution in [0.3, 0.4) is 0 Å². The zero-order valence-corrected chi connectivity index (χ0v) is 10.6. The van der Waals surface area contributed by atoms with Crippen LogP contribution >= 0.6 is 0 Å². The lowest BCUT2D eigenvalue weighted by Crippen LogP contribution is -2.15. The summed E-state index contributed by atoms with van der Waals surface area (Å²) in [6.07, 6.45) is 8.60. The van der Waals surface area contributed by atoms with E-state index in [-0.39, 0.29) is 0 Å². The number of hydrogen-bond donors (Lipinski definition) is 2. The Labute approximate surface area is 103 Å². The number of nitrogen functional groups attached to an aromatic ring is 2. The van der Waals surface area contributed by atoms with Gasteiger partial charge < -0.3 is 11.5 Å². The van der Waals surface area contributed by atoms with Gasteiger partial charge in [-0.25, -0.2) is 4.98 Å². The smallest absolute Gasteiger partial charge is 0.222 e. The largest absolute Gasteiger partial charge is 0.383 e. The first kappa shape index (κ1) is 12.1. The van der Waals surface area contributed by atoms with Crippen molar-refractivity contribution < 1.29 is 0 Å². The van der Waals surface area contributed by atoms with Gasteiger partial charge in [0.1, 0.15) is 5.82 Å². The molecule has 0 radical (unpaired) electrons. The van der Waals surface area contributed by atoms with Crippen molar-refractivity contribution in [1.82, 2.24) is 9.97 Å². The fraction of sp³-hybridized carbons (Fsp3) is 0.692. The third-order valence-electron chi connectivity index (χ3n) is 3.69. The Kier molecular flexibility index (Phi) is 3.82. The Balaban J connectivity index is 2.18. The fourth-order valence-electron chi connectivity index (χ4n) is 2.76. The Morgan fingerprint density at radius 1 is 1.12 bits per heavy atom. The van der Waals surface area contributed by atoms with Crippen LogP contribution < -0.4 is 11.5 Å². The van der Waals surface area contributed by atoms with Crippen LogP contribution in [0, 0.1) is 5.92 Å². The number of aromatic nitrogens is 2. The van der Waals surface area contributed by atoms with Crippen molar-refractivity contribution in [2.45, 2.75) is 51.9 Å². The van der Waals surface area contributed by atoms with E-state index in [9.17, 15) is 0 Å². The number of rotatable bonds is 3. The maximum absolute atomic E-state index is 5.98. The first-order valence-electron chi connectivity index (χ1n) is 6.61. The molecule has 1 aliphatic rings. The number of nitrogens with zero attached hydrogens (tertiary/aromatic N) is 2. The maximum atomic E-state index is 5.98. The lowest BCUT2D eigenvalue weighted by molar-refractivity contribution is 0.356. The van der Waals surface area contributed by atoms with Crippen molar-refractivity contribution in [3.63, 3.8) is 0 Å². The normalized spacial score (nSPS) is 17.2. The van der Waals surface area contributed by atoms with Crippen LogP contribution in [-0.4, -0.2) is 9.97 Å². The van der Waals surface area contributed by atoms with Gasteiger partial charge in [-0.2, -0.15) is 4.98 Å². The highest BCUT2D eigenvalue weighted by Crippen LogP contribution is 2.29. The second-order valence-electron chi connectivity index (χ2n) is 4.95. The molecule has 1 fully saturated rings. The minimum absolute atomic E-state index is 0.298. The van der Waals surface area contributed by atoms with Crippen LogP contribution in [0.15, 0.2) is 0 Å². The molecule has 4 N–H and O–H groups in total. The summed E-state index contributed by atoms with van der Waals surface area (Å²) in [7, 11) is 0. The SMILES string of the molecule is CCc1nc(N)nc(N)c1CC1CCCCC1. The van der Waals surface area contributed by atoms with Crippen molar-refractivity contribution in [2.75, 3.05) is 11.5 Å². The lowest BCUT2D eigenvalue weighted by atomic mass is 9.84. The van der Waals surface area contributed by atoms with E-state index in [0.717, 1.165) is 30.0 Å². The summed E-state index contributed by atoms with van der Waals surface area (Å²) >= 11 is 0. The summed E-state index contributed by atoms with van der Waals surface area (Å²) in [5.74, 6) is 1.63. The molecular weight excluding hydrogens is 212 g/mol. The molecule has 1 saturated carbocycles. The number of anilines is 2. The van der Waals surface area contributed by atoms with Crippen molar-refractivity contribution in [1.29, 1.82) is 0 Å². The predicted molar refractivity (Wildman–Crippen MR) is 70.5 cm³/mol. The molecule has 0 amide bonds. The molecule has 1 aliphatic carbocycles. The molecule has 1 heterocycles. The van der Waals surface area contributed by atoms with Gasteiger partial charge in [0.05, 0.1) is 5.69 Å². The summed E-state index contributed by atoms with van der Waals surface area (Å²) in [5.41, 5.74) is 13.8. The first-order chi connectivity index (χ1) is 8.20. The van der Waals surface area contributed by atoms with Crippen molar-refractivity contribution >= 4 is 11.8 Å². The molecule has 94 valence electrons. The summed E-state index contributed by atoms with van der Waals surface area (Å²) < 4.78 is 0. The van der Waals surface area contributed by atoms with E-state index in [1.165, 1.54) is 32.1 Å². The van der Waals surface area contributed by atoms with Crippen LogP contribution in [0.1, 0.15) is 50.3 Å². The molecule has 1 aromatic heterocycles. The van der Waals surface area contributed by atoms with Crippen molar-refractivity contribution in [3.8, 4) is 0 Å². The van der Waals surface area contributed by atoms with Gasteiger partial charge in [0.2, 0.25) is 5.95 Å². The van der Waals surface area contributed by atoms with Gasteiger partial charge >= 0.3 is 0 Å². The molecule has 0 spiro atoms. The molecule has 17 heavy (non-hydrogen) atoms. The van der Waals surface area contributed by atoms with Gasteiger partial charge in [-0.1, -0.05) is 39.0 Å². The van der Waals surface area contributed by atoms with Crippen LogP contribution in [0.2, 0.25) is 0 Å². The Hall–Kier alpha value is -1.32. The average molecular weight is 234 g/mol. The van der Waals surface area contributed by atoms with Crippen molar-refractivity contribution in [3.05, 3.63) is 11.3 Å².